The Morgan fingerprint density at radius 2 is 1.86 bits per heavy atom. The first-order chi connectivity index (χ1) is 16.9. The van der Waals surface area contributed by atoms with Gasteiger partial charge >= 0.3 is 0 Å². The second-order valence-electron chi connectivity index (χ2n) is 9.75. The Balaban J connectivity index is 1.46. The van der Waals surface area contributed by atoms with E-state index in [2.05, 4.69) is 53.6 Å². The first-order valence-corrected chi connectivity index (χ1v) is 12.7. The van der Waals surface area contributed by atoms with Crippen LogP contribution in [0.1, 0.15) is 48.2 Å². The molecule has 2 fully saturated rings. The zero-order chi connectivity index (χ0) is 24.8. The maximum atomic E-state index is 13.9. The van der Waals surface area contributed by atoms with E-state index in [4.69, 9.17) is 4.74 Å². The lowest BCUT2D eigenvalue weighted by Gasteiger charge is -2.46. The third-order valence-corrected chi connectivity index (χ3v) is 7.16. The van der Waals surface area contributed by atoms with Crippen LogP contribution in [-0.4, -0.2) is 67.6 Å². The number of rotatable bonds is 7. The van der Waals surface area contributed by atoms with Gasteiger partial charge in [0.1, 0.15) is 5.54 Å². The van der Waals surface area contributed by atoms with Crippen LogP contribution in [0.25, 0.3) is 0 Å². The molecule has 2 aromatic rings. The van der Waals surface area contributed by atoms with Crippen molar-refractivity contribution in [1.82, 2.24) is 15.5 Å². The van der Waals surface area contributed by atoms with E-state index in [1.807, 2.05) is 36.1 Å². The SMILES string of the molecule is CCOCc1ccc(C(=O)NC2(C(=O)N3CCN(c4cccc(C)c4)C(C)C3)CCNCC2)cc1. The van der Waals surface area contributed by atoms with Crippen LogP contribution in [0.4, 0.5) is 5.69 Å². The van der Waals surface area contributed by atoms with E-state index < -0.39 is 5.54 Å². The van der Waals surface area contributed by atoms with Gasteiger partial charge in [-0.3, -0.25) is 9.59 Å². The van der Waals surface area contributed by atoms with Gasteiger partial charge in [-0.25, -0.2) is 0 Å². The number of nitrogens with zero attached hydrogens (tertiary/aromatic N) is 2. The Kier molecular flexibility index (Phi) is 8.08. The molecule has 1 unspecified atom stereocenters. The highest BCUT2D eigenvalue weighted by atomic mass is 16.5. The molecule has 2 aromatic carbocycles. The maximum Gasteiger partial charge on any atom is 0.252 e. The van der Waals surface area contributed by atoms with E-state index in [9.17, 15) is 9.59 Å². The molecule has 0 bridgehead atoms. The predicted octanol–water partition coefficient (Wildman–Crippen LogP) is 3.12. The fraction of sp³-hybridized carbons (Fsp3) is 0.500. The molecule has 2 N–H and O–H groups in total. The van der Waals surface area contributed by atoms with Gasteiger partial charge in [0.15, 0.2) is 0 Å². The van der Waals surface area contributed by atoms with E-state index >= 15 is 0 Å². The van der Waals surface area contributed by atoms with Crippen LogP contribution in [0, 0.1) is 6.92 Å². The summed E-state index contributed by atoms with van der Waals surface area (Å²) in [5.41, 5.74) is 3.14. The Morgan fingerprint density at radius 3 is 2.51 bits per heavy atom. The summed E-state index contributed by atoms with van der Waals surface area (Å²) in [5.74, 6) is -0.161. The summed E-state index contributed by atoms with van der Waals surface area (Å²) >= 11 is 0. The molecule has 2 aliphatic heterocycles. The molecule has 2 saturated heterocycles. The van der Waals surface area contributed by atoms with Crippen LogP contribution in [0.15, 0.2) is 48.5 Å². The molecule has 0 aliphatic carbocycles. The van der Waals surface area contributed by atoms with Crippen LogP contribution >= 0.6 is 0 Å². The lowest BCUT2D eigenvalue weighted by Crippen LogP contribution is -2.66. The Bertz CT molecular complexity index is 1020. The number of hydrogen-bond donors (Lipinski definition) is 2. The fourth-order valence-corrected chi connectivity index (χ4v) is 5.14. The number of hydrogen-bond acceptors (Lipinski definition) is 5. The summed E-state index contributed by atoms with van der Waals surface area (Å²) < 4.78 is 5.45. The van der Waals surface area contributed by atoms with Gasteiger partial charge < -0.3 is 25.2 Å². The number of piperidine rings is 1. The highest BCUT2D eigenvalue weighted by Crippen LogP contribution is 2.27. The number of amides is 2. The third-order valence-electron chi connectivity index (χ3n) is 7.16. The molecule has 0 saturated carbocycles. The van der Waals surface area contributed by atoms with Crippen LogP contribution in [0.5, 0.6) is 0 Å². The van der Waals surface area contributed by atoms with E-state index in [1.54, 1.807) is 0 Å². The summed E-state index contributed by atoms with van der Waals surface area (Å²) in [5, 5.41) is 6.49. The molecule has 7 nitrogen and oxygen atoms in total. The monoisotopic (exact) mass is 478 g/mol. The summed E-state index contributed by atoms with van der Waals surface area (Å²) in [4.78, 5) is 31.4. The van der Waals surface area contributed by atoms with Gasteiger partial charge in [-0.05, 0) is 82.1 Å². The fourth-order valence-electron chi connectivity index (χ4n) is 5.14. The minimum atomic E-state index is -0.877. The van der Waals surface area contributed by atoms with Gasteiger partial charge in [0.2, 0.25) is 5.91 Å². The first-order valence-electron chi connectivity index (χ1n) is 12.7. The van der Waals surface area contributed by atoms with Crippen LogP contribution in [-0.2, 0) is 16.1 Å². The van der Waals surface area contributed by atoms with E-state index in [1.165, 1.54) is 11.3 Å². The van der Waals surface area contributed by atoms with Gasteiger partial charge in [-0.2, -0.15) is 0 Å². The van der Waals surface area contributed by atoms with Crippen molar-refractivity contribution in [1.29, 1.82) is 0 Å². The van der Waals surface area contributed by atoms with Crippen LogP contribution < -0.4 is 15.5 Å². The van der Waals surface area contributed by atoms with E-state index in [-0.39, 0.29) is 17.9 Å². The lowest BCUT2D eigenvalue weighted by molar-refractivity contribution is -0.140. The van der Waals surface area contributed by atoms with Crippen molar-refractivity contribution in [3.63, 3.8) is 0 Å². The number of anilines is 1. The van der Waals surface area contributed by atoms with Gasteiger partial charge in [-0.15, -0.1) is 0 Å². The smallest absolute Gasteiger partial charge is 0.252 e. The van der Waals surface area contributed by atoms with Gasteiger partial charge in [0.25, 0.3) is 5.91 Å². The standard InChI is InChI=1S/C28H38N4O3/c1-4-35-20-23-8-10-24(11-9-23)26(33)30-28(12-14-29-15-13-28)27(34)31-16-17-32(22(3)19-31)25-7-5-6-21(2)18-25/h5-11,18,22,29H,4,12-17,19-20H2,1-3H3,(H,30,33). The number of aryl methyl sites for hydroxylation is 1. The van der Waals surface area contributed by atoms with Crippen molar-refractivity contribution in [3.05, 3.63) is 65.2 Å². The number of ether oxygens (including phenoxy) is 1. The summed E-state index contributed by atoms with van der Waals surface area (Å²) in [6.45, 7) is 10.9. The van der Waals surface area contributed by atoms with Gasteiger partial charge in [-0.1, -0.05) is 24.3 Å². The third kappa shape index (κ3) is 5.85. The zero-order valence-electron chi connectivity index (χ0n) is 21.2. The molecule has 35 heavy (non-hydrogen) atoms. The average molecular weight is 479 g/mol. The molecular formula is C28H38N4O3. The quantitative estimate of drug-likeness (QED) is 0.640. The predicted molar refractivity (Wildman–Crippen MR) is 139 cm³/mol. The largest absolute Gasteiger partial charge is 0.377 e. The number of carbonyl (C=O) groups excluding carboxylic acids is 2. The average Bonchev–Trinajstić information content (AvgIpc) is 2.87. The molecule has 2 heterocycles. The van der Waals surface area contributed by atoms with Gasteiger partial charge in [0.05, 0.1) is 6.61 Å². The topological polar surface area (TPSA) is 73.9 Å². The normalized spacial score (nSPS) is 19.9. The van der Waals surface area contributed by atoms with Crippen molar-refractivity contribution >= 4 is 17.5 Å². The van der Waals surface area contributed by atoms with Crippen molar-refractivity contribution in [2.24, 2.45) is 0 Å². The van der Waals surface area contributed by atoms with Crippen molar-refractivity contribution < 1.29 is 14.3 Å². The van der Waals surface area contributed by atoms with Crippen molar-refractivity contribution in [2.75, 3.05) is 44.2 Å². The molecule has 0 radical (unpaired) electrons. The second kappa shape index (κ2) is 11.2. The number of benzene rings is 2. The van der Waals surface area contributed by atoms with E-state index in [0.717, 1.165) is 12.1 Å². The first kappa shape index (κ1) is 25.2. The minimum Gasteiger partial charge on any atom is -0.377 e. The van der Waals surface area contributed by atoms with Crippen LogP contribution in [0.3, 0.4) is 0 Å². The Morgan fingerprint density at radius 1 is 1.11 bits per heavy atom. The molecule has 7 heteroatoms. The van der Waals surface area contributed by atoms with E-state index in [0.29, 0.717) is 57.8 Å². The van der Waals surface area contributed by atoms with Gasteiger partial charge in [0, 0.05) is 43.5 Å². The summed E-state index contributed by atoms with van der Waals surface area (Å²) in [6, 6.07) is 16.2. The number of nitrogens with one attached hydrogen (secondary N) is 2. The Labute approximate surface area is 208 Å². The van der Waals surface area contributed by atoms with Crippen LogP contribution in [0.2, 0.25) is 0 Å². The Hall–Kier alpha value is -2.90. The van der Waals surface area contributed by atoms with Crippen molar-refractivity contribution in [2.45, 2.75) is 51.8 Å². The molecular weight excluding hydrogens is 440 g/mol. The summed E-state index contributed by atoms with van der Waals surface area (Å²) in [7, 11) is 0. The lowest BCUT2D eigenvalue weighted by atomic mass is 9.85. The zero-order valence-corrected chi connectivity index (χ0v) is 21.2. The molecule has 2 aliphatic rings. The molecule has 0 spiro atoms. The molecule has 4 rings (SSSR count). The number of piperazine rings is 1. The minimum absolute atomic E-state index is 0.0380. The molecule has 1 atom stereocenters. The molecule has 0 aromatic heterocycles. The summed E-state index contributed by atoms with van der Waals surface area (Å²) in [6.07, 6.45) is 1.18. The number of carbonyl (C=O) groups is 2. The molecule has 188 valence electrons. The maximum absolute atomic E-state index is 13.9. The highest BCUT2D eigenvalue weighted by Gasteiger charge is 2.44. The van der Waals surface area contributed by atoms with Crippen molar-refractivity contribution in [3.8, 4) is 0 Å². The highest BCUT2D eigenvalue weighted by molar-refractivity contribution is 5.99. The molecule has 2 amide bonds. The second-order valence-corrected chi connectivity index (χ2v) is 9.75.